The summed E-state index contributed by atoms with van der Waals surface area (Å²) in [4.78, 5) is 5.21. The van der Waals surface area contributed by atoms with Crippen molar-refractivity contribution in [1.82, 2.24) is 9.80 Å². The quantitative estimate of drug-likeness (QED) is 0.807. The Kier molecular flexibility index (Phi) is 3.54. The van der Waals surface area contributed by atoms with Crippen LogP contribution in [0, 0.1) is 5.92 Å². The van der Waals surface area contributed by atoms with E-state index in [9.17, 15) is 0 Å². The largest absolute Gasteiger partial charge is 0.329 e. The predicted octanol–water partition coefficient (Wildman–Crippen LogP) is 1.53. The van der Waals surface area contributed by atoms with Gasteiger partial charge in [-0.1, -0.05) is 6.92 Å². The molecule has 17 heavy (non-hydrogen) atoms. The Morgan fingerprint density at radius 3 is 2.71 bits per heavy atom. The van der Waals surface area contributed by atoms with Gasteiger partial charge < -0.3 is 10.6 Å². The van der Waals surface area contributed by atoms with E-state index in [-0.39, 0.29) is 11.1 Å². The molecule has 0 saturated carbocycles. The first-order chi connectivity index (χ1) is 7.96. The number of piperidine rings is 1. The molecule has 2 saturated heterocycles. The first-order valence-corrected chi connectivity index (χ1v) is 7.12. The van der Waals surface area contributed by atoms with Crippen LogP contribution in [0.5, 0.6) is 0 Å². The van der Waals surface area contributed by atoms with Crippen molar-refractivity contribution >= 4 is 0 Å². The third-order valence-corrected chi connectivity index (χ3v) is 5.69. The zero-order chi connectivity index (χ0) is 12.7. The van der Waals surface area contributed by atoms with Crippen LogP contribution in [-0.4, -0.2) is 54.1 Å². The molecule has 3 heteroatoms. The van der Waals surface area contributed by atoms with Gasteiger partial charge >= 0.3 is 0 Å². The molecule has 100 valence electrons. The molecule has 2 heterocycles. The van der Waals surface area contributed by atoms with Gasteiger partial charge in [0, 0.05) is 24.2 Å². The van der Waals surface area contributed by atoms with Crippen LogP contribution in [-0.2, 0) is 0 Å². The summed E-state index contributed by atoms with van der Waals surface area (Å²) in [5, 5.41) is 0. The number of likely N-dealkylation sites (N-methyl/N-ethyl adjacent to an activating group) is 1. The fraction of sp³-hybridized carbons (Fsp3) is 1.00. The number of hydrogen-bond acceptors (Lipinski definition) is 3. The summed E-state index contributed by atoms with van der Waals surface area (Å²) in [6, 6.07) is 0. The monoisotopic (exact) mass is 239 g/mol. The Morgan fingerprint density at radius 1 is 1.41 bits per heavy atom. The summed E-state index contributed by atoms with van der Waals surface area (Å²) in [5.41, 5.74) is 6.71. The predicted molar refractivity (Wildman–Crippen MR) is 73.1 cm³/mol. The number of fused-ring (bicyclic) bond motifs is 2. The molecule has 3 atom stereocenters. The minimum atomic E-state index is 0.243. The van der Waals surface area contributed by atoms with Gasteiger partial charge in [-0.15, -0.1) is 0 Å². The number of rotatable bonds is 4. The molecule has 0 amide bonds. The van der Waals surface area contributed by atoms with Crippen LogP contribution in [0.2, 0.25) is 0 Å². The zero-order valence-corrected chi connectivity index (χ0v) is 12.0. The lowest BCUT2D eigenvalue weighted by atomic mass is 9.75. The Bertz CT molecular complexity index is 277. The first-order valence-electron chi connectivity index (χ1n) is 7.12. The highest BCUT2D eigenvalue weighted by molar-refractivity contribution is 5.07. The summed E-state index contributed by atoms with van der Waals surface area (Å²) >= 11 is 0. The highest BCUT2D eigenvalue weighted by atomic mass is 15.3. The summed E-state index contributed by atoms with van der Waals surface area (Å²) in [5.74, 6) is 0.775. The second-order valence-electron chi connectivity index (χ2n) is 6.57. The molecule has 3 nitrogen and oxygen atoms in total. The number of hydrogen-bond donors (Lipinski definition) is 1. The van der Waals surface area contributed by atoms with Gasteiger partial charge in [0.25, 0.3) is 0 Å². The topological polar surface area (TPSA) is 32.5 Å². The van der Waals surface area contributed by atoms with E-state index in [1.54, 1.807) is 0 Å². The Morgan fingerprint density at radius 2 is 2.12 bits per heavy atom. The van der Waals surface area contributed by atoms with Crippen molar-refractivity contribution < 1.29 is 0 Å². The van der Waals surface area contributed by atoms with Crippen molar-refractivity contribution in [2.24, 2.45) is 11.7 Å². The highest BCUT2D eigenvalue weighted by Gasteiger charge is 2.50. The fourth-order valence-electron chi connectivity index (χ4n) is 3.72. The lowest BCUT2D eigenvalue weighted by Crippen LogP contribution is -2.66. The third kappa shape index (κ3) is 2.02. The second kappa shape index (κ2) is 4.52. The maximum Gasteiger partial charge on any atom is 0.0386 e. The van der Waals surface area contributed by atoms with Crippen LogP contribution < -0.4 is 5.73 Å². The Hall–Kier alpha value is -0.120. The van der Waals surface area contributed by atoms with E-state index in [2.05, 4.69) is 37.6 Å². The number of nitrogens with two attached hydrogens (primary N) is 1. The van der Waals surface area contributed by atoms with E-state index in [4.69, 9.17) is 5.73 Å². The normalized spacial score (nSPS) is 37.8. The molecule has 2 fully saturated rings. The molecule has 0 aromatic rings. The molecule has 2 bridgehead atoms. The Balaban J connectivity index is 2.24. The van der Waals surface area contributed by atoms with Crippen molar-refractivity contribution in [3.8, 4) is 0 Å². The highest BCUT2D eigenvalue weighted by Crippen LogP contribution is 2.42. The molecular formula is C14H29N3. The maximum atomic E-state index is 6.21. The average molecular weight is 239 g/mol. The van der Waals surface area contributed by atoms with E-state index >= 15 is 0 Å². The smallest absolute Gasteiger partial charge is 0.0386 e. The minimum Gasteiger partial charge on any atom is -0.329 e. The lowest BCUT2D eigenvalue weighted by molar-refractivity contribution is -0.0368. The maximum absolute atomic E-state index is 6.21. The molecule has 2 aliphatic heterocycles. The summed E-state index contributed by atoms with van der Waals surface area (Å²) in [7, 11) is 2.30. The zero-order valence-electron chi connectivity index (χ0n) is 12.0. The molecule has 0 spiro atoms. The van der Waals surface area contributed by atoms with Crippen molar-refractivity contribution in [3.05, 3.63) is 0 Å². The molecule has 2 N–H and O–H groups in total. The molecule has 2 aliphatic rings. The van der Waals surface area contributed by atoms with E-state index < -0.39 is 0 Å². The van der Waals surface area contributed by atoms with E-state index in [1.165, 1.54) is 38.9 Å². The van der Waals surface area contributed by atoms with Gasteiger partial charge in [-0.2, -0.15) is 0 Å². The molecule has 0 radical (unpaired) electrons. The van der Waals surface area contributed by atoms with Gasteiger partial charge in [0.2, 0.25) is 0 Å². The third-order valence-electron chi connectivity index (χ3n) is 5.69. The van der Waals surface area contributed by atoms with Crippen LogP contribution in [0.3, 0.4) is 0 Å². The van der Waals surface area contributed by atoms with Gasteiger partial charge in [0.15, 0.2) is 0 Å². The van der Waals surface area contributed by atoms with Crippen LogP contribution in [0.25, 0.3) is 0 Å². The van der Waals surface area contributed by atoms with Gasteiger partial charge in [-0.05, 0) is 59.2 Å². The lowest BCUT2D eigenvalue weighted by Gasteiger charge is -2.54. The summed E-state index contributed by atoms with van der Waals surface area (Å²) in [6.45, 7) is 11.6. The molecular weight excluding hydrogens is 210 g/mol. The van der Waals surface area contributed by atoms with Crippen molar-refractivity contribution in [2.75, 3.05) is 33.2 Å². The molecule has 2 rings (SSSR count). The molecule has 0 aromatic carbocycles. The fourth-order valence-corrected chi connectivity index (χ4v) is 3.72. The van der Waals surface area contributed by atoms with Gasteiger partial charge in [0.1, 0.15) is 0 Å². The van der Waals surface area contributed by atoms with Gasteiger partial charge in [0.05, 0.1) is 0 Å². The van der Waals surface area contributed by atoms with Crippen LogP contribution >= 0.6 is 0 Å². The Labute approximate surface area is 106 Å². The first kappa shape index (κ1) is 13.3. The van der Waals surface area contributed by atoms with Crippen molar-refractivity contribution in [1.29, 1.82) is 0 Å². The summed E-state index contributed by atoms with van der Waals surface area (Å²) < 4.78 is 0. The molecule has 0 aliphatic carbocycles. The standard InChI is InChI=1S/C14H29N3/c1-5-13(2,3)16(4)14(11-15)7-9-17-8-6-12(14)10-17/h12H,5-11,15H2,1-4H3. The van der Waals surface area contributed by atoms with Crippen LogP contribution in [0.1, 0.15) is 40.0 Å². The van der Waals surface area contributed by atoms with Crippen molar-refractivity contribution in [3.63, 3.8) is 0 Å². The van der Waals surface area contributed by atoms with Gasteiger partial charge in [-0.3, -0.25) is 4.90 Å². The van der Waals surface area contributed by atoms with Crippen LogP contribution in [0.4, 0.5) is 0 Å². The van der Waals surface area contributed by atoms with Crippen LogP contribution in [0.15, 0.2) is 0 Å². The second-order valence-corrected chi connectivity index (χ2v) is 6.57. The number of nitrogens with zero attached hydrogens (tertiary/aromatic N) is 2. The average Bonchev–Trinajstić information content (AvgIpc) is 2.74. The van der Waals surface area contributed by atoms with E-state index in [0.717, 1.165) is 12.5 Å². The van der Waals surface area contributed by atoms with Gasteiger partial charge in [-0.25, -0.2) is 0 Å². The van der Waals surface area contributed by atoms with E-state index in [0.29, 0.717) is 0 Å². The summed E-state index contributed by atoms with van der Waals surface area (Å²) in [6.07, 6.45) is 3.76. The molecule has 0 aromatic heterocycles. The minimum absolute atomic E-state index is 0.243. The SMILES string of the molecule is CCC(C)(C)N(C)C1(CN)CCN2CCC1C2. The van der Waals surface area contributed by atoms with E-state index in [1.807, 2.05) is 0 Å². The van der Waals surface area contributed by atoms with Crippen molar-refractivity contribution in [2.45, 2.75) is 51.1 Å². The molecule has 3 unspecified atom stereocenters.